The van der Waals surface area contributed by atoms with E-state index in [2.05, 4.69) is 10.0 Å². The predicted molar refractivity (Wildman–Crippen MR) is 111 cm³/mol. The first-order valence-corrected chi connectivity index (χ1v) is 11.1. The fraction of sp³-hybridized carbons (Fsp3) is 0.333. The number of benzene rings is 2. The molecule has 7 nitrogen and oxygen atoms in total. The largest absolute Gasteiger partial charge is 0.327 e. The van der Waals surface area contributed by atoms with E-state index in [-0.39, 0.29) is 22.8 Å². The first kappa shape index (κ1) is 21.0. The summed E-state index contributed by atoms with van der Waals surface area (Å²) in [6.45, 7) is 4.02. The highest BCUT2D eigenvalue weighted by molar-refractivity contribution is 7.89. The van der Waals surface area contributed by atoms with Crippen molar-refractivity contribution in [3.63, 3.8) is 0 Å². The highest BCUT2D eigenvalue weighted by Gasteiger charge is 2.34. The summed E-state index contributed by atoms with van der Waals surface area (Å²) in [7, 11) is -3.59. The smallest absolute Gasteiger partial charge is 0.254 e. The third-order valence-electron chi connectivity index (χ3n) is 4.66. The molecule has 29 heavy (non-hydrogen) atoms. The van der Waals surface area contributed by atoms with Crippen LogP contribution in [-0.2, 0) is 14.8 Å². The number of anilines is 1. The molecule has 0 aliphatic carbocycles. The lowest BCUT2D eigenvalue weighted by Gasteiger charge is -2.24. The molecule has 0 saturated carbocycles. The Kier molecular flexibility index (Phi) is 6.34. The van der Waals surface area contributed by atoms with Crippen molar-refractivity contribution in [2.75, 3.05) is 11.9 Å². The Hall–Kier alpha value is -2.71. The molecule has 0 bridgehead atoms. The molecule has 154 valence electrons. The Balaban J connectivity index is 1.69. The summed E-state index contributed by atoms with van der Waals surface area (Å²) in [6, 6.07) is 14.1. The van der Waals surface area contributed by atoms with Crippen molar-refractivity contribution in [3.05, 3.63) is 60.2 Å². The molecule has 2 N–H and O–H groups in total. The van der Waals surface area contributed by atoms with Gasteiger partial charge in [-0.25, -0.2) is 13.1 Å². The molecule has 3 rings (SSSR count). The molecular formula is C21H25N3O4S. The summed E-state index contributed by atoms with van der Waals surface area (Å²) in [5, 5.41) is 2.79. The van der Waals surface area contributed by atoms with Crippen LogP contribution in [-0.4, -0.2) is 43.8 Å². The number of hydrogen-bond donors (Lipinski definition) is 2. The Bertz CT molecular complexity index is 973. The highest BCUT2D eigenvalue weighted by Crippen LogP contribution is 2.22. The lowest BCUT2D eigenvalue weighted by Crippen LogP contribution is -2.43. The van der Waals surface area contributed by atoms with E-state index in [1.165, 1.54) is 12.1 Å². The van der Waals surface area contributed by atoms with Crippen LogP contribution in [0.1, 0.15) is 37.0 Å². The summed E-state index contributed by atoms with van der Waals surface area (Å²) in [6.07, 6.45) is 1.35. The maximum atomic E-state index is 12.8. The maximum Gasteiger partial charge on any atom is 0.254 e. The minimum atomic E-state index is -3.59. The van der Waals surface area contributed by atoms with Gasteiger partial charge in [0.15, 0.2) is 0 Å². The molecule has 1 aliphatic heterocycles. The quantitative estimate of drug-likeness (QED) is 0.758. The van der Waals surface area contributed by atoms with Crippen LogP contribution < -0.4 is 10.0 Å². The van der Waals surface area contributed by atoms with E-state index in [0.717, 1.165) is 6.42 Å². The summed E-state index contributed by atoms with van der Waals surface area (Å²) in [5.74, 6) is -0.438. The van der Waals surface area contributed by atoms with Crippen LogP contribution in [0.4, 0.5) is 5.69 Å². The average Bonchev–Trinajstić information content (AvgIpc) is 3.17. The van der Waals surface area contributed by atoms with Gasteiger partial charge in [-0.15, -0.1) is 0 Å². The Labute approximate surface area is 171 Å². The van der Waals surface area contributed by atoms with Crippen LogP contribution >= 0.6 is 0 Å². The van der Waals surface area contributed by atoms with Gasteiger partial charge in [-0.3, -0.25) is 9.59 Å². The molecule has 1 aliphatic rings. The van der Waals surface area contributed by atoms with E-state index in [1.807, 2.05) is 6.07 Å². The van der Waals surface area contributed by atoms with Gasteiger partial charge in [0.25, 0.3) is 5.91 Å². The Morgan fingerprint density at radius 2 is 1.69 bits per heavy atom. The van der Waals surface area contributed by atoms with Gasteiger partial charge < -0.3 is 10.2 Å². The highest BCUT2D eigenvalue weighted by atomic mass is 32.2. The lowest BCUT2D eigenvalue weighted by molar-refractivity contribution is -0.119. The molecule has 1 saturated heterocycles. The molecule has 1 unspecified atom stereocenters. The number of nitrogens with zero attached hydrogens (tertiary/aromatic N) is 1. The van der Waals surface area contributed by atoms with Gasteiger partial charge in [-0.1, -0.05) is 18.2 Å². The van der Waals surface area contributed by atoms with Crippen molar-refractivity contribution in [2.24, 2.45) is 0 Å². The van der Waals surface area contributed by atoms with Gasteiger partial charge in [0, 0.05) is 23.8 Å². The topological polar surface area (TPSA) is 95.6 Å². The van der Waals surface area contributed by atoms with E-state index in [1.54, 1.807) is 55.1 Å². The zero-order valence-electron chi connectivity index (χ0n) is 16.5. The van der Waals surface area contributed by atoms with E-state index in [9.17, 15) is 18.0 Å². The minimum absolute atomic E-state index is 0.131. The number of carbonyl (C=O) groups is 2. The van der Waals surface area contributed by atoms with Crippen molar-refractivity contribution < 1.29 is 18.0 Å². The van der Waals surface area contributed by atoms with Crippen LogP contribution in [0.25, 0.3) is 0 Å². The summed E-state index contributed by atoms with van der Waals surface area (Å²) in [5.41, 5.74) is 1.04. The molecule has 1 heterocycles. The normalized spacial score (nSPS) is 16.8. The molecule has 8 heteroatoms. The number of amides is 2. The summed E-state index contributed by atoms with van der Waals surface area (Å²) < 4.78 is 26.9. The van der Waals surface area contributed by atoms with Crippen molar-refractivity contribution >= 4 is 27.5 Å². The van der Waals surface area contributed by atoms with Gasteiger partial charge in [-0.05, 0) is 63.1 Å². The SMILES string of the molecule is CC(C)NS(=O)(=O)c1ccc(NC(=O)C2CCCN2C(=O)c2ccccc2)cc1. The molecule has 1 atom stereocenters. The fourth-order valence-corrected chi connectivity index (χ4v) is 4.60. The van der Waals surface area contributed by atoms with Gasteiger partial charge in [-0.2, -0.15) is 0 Å². The minimum Gasteiger partial charge on any atom is -0.327 e. The standard InChI is InChI=1S/C21H25N3O4S/c1-15(2)23-29(27,28)18-12-10-17(11-13-18)22-20(25)19-9-6-14-24(19)21(26)16-7-4-3-5-8-16/h3-5,7-8,10-13,15,19,23H,6,9,14H2,1-2H3,(H,22,25). The van der Waals surface area contributed by atoms with E-state index in [0.29, 0.717) is 24.2 Å². The van der Waals surface area contributed by atoms with Crippen molar-refractivity contribution in [1.82, 2.24) is 9.62 Å². The van der Waals surface area contributed by atoms with Crippen LogP contribution in [0.5, 0.6) is 0 Å². The second-order valence-corrected chi connectivity index (χ2v) is 9.03. The molecular weight excluding hydrogens is 390 g/mol. The van der Waals surface area contributed by atoms with Crippen LogP contribution in [0.15, 0.2) is 59.5 Å². The summed E-state index contributed by atoms with van der Waals surface area (Å²) >= 11 is 0. The first-order chi connectivity index (χ1) is 13.8. The molecule has 2 aromatic carbocycles. The number of hydrogen-bond acceptors (Lipinski definition) is 4. The molecule has 2 aromatic rings. The molecule has 2 amide bonds. The summed E-state index contributed by atoms with van der Waals surface area (Å²) in [4.78, 5) is 27.2. The number of rotatable bonds is 6. The number of sulfonamides is 1. The van der Waals surface area contributed by atoms with Gasteiger partial charge in [0.1, 0.15) is 6.04 Å². The zero-order valence-corrected chi connectivity index (χ0v) is 17.3. The Morgan fingerprint density at radius 3 is 2.31 bits per heavy atom. The third-order valence-corrected chi connectivity index (χ3v) is 6.33. The van der Waals surface area contributed by atoms with Crippen molar-refractivity contribution in [1.29, 1.82) is 0 Å². The monoisotopic (exact) mass is 415 g/mol. The average molecular weight is 416 g/mol. The fourth-order valence-electron chi connectivity index (χ4n) is 3.35. The maximum absolute atomic E-state index is 12.8. The first-order valence-electron chi connectivity index (χ1n) is 9.57. The number of carbonyl (C=O) groups excluding carboxylic acids is 2. The van der Waals surface area contributed by atoms with E-state index in [4.69, 9.17) is 0 Å². The second-order valence-electron chi connectivity index (χ2n) is 7.31. The van der Waals surface area contributed by atoms with Gasteiger partial charge in [0.05, 0.1) is 4.90 Å². The molecule has 1 fully saturated rings. The molecule has 0 radical (unpaired) electrons. The third kappa shape index (κ3) is 5.02. The lowest BCUT2D eigenvalue weighted by atomic mass is 10.1. The van der Waals surface area contributed by atoms with Gasteiger partial charge >= 0.3 is 0 Å². The molecule has 0 spiro atoms. The van der Waals surface area contributed by atoms with Crippen LogP contribution in [0, 0.1) is 0 Å². The van der Waals surface area contributed by atoms with Crippen molar-refractivity contribution in [2.45, 2.75) is 43.7 Å². The predicted octanol–water partition coefficient (Wildman–Crippen LogP) is 2.62. The second kappa shape index (κ2) is 8.75. The number of nitrogens with one attached hydrogen (secondary N) is 2. The van der Waals surface area contributed by atoms with Crippen LogP contribution in [0.2, 0.25) is 0 Å². The number of likely N-dealkylation sites (tertiary alicyclic amines) is 1. The van der Waals surface area contributed by atoms with E-state index >= 15 is 0 Å². The molecule has 0 aromatic heterocycles. The zero-order chi connectivity index (χ0) is 21.0. The van der Waals surface area contributed by atoms with E-state index < -0.39 is 16.1 Å². The van der Waals surface area contributed by atoms with Crippen LogP contribution in [0.3, 0.4) is 0 Å². The van der Waals surface area contributed by atoms with Crippen molar-refractivity contribution in [3.8, 4) is 0 Å². The van der Waals surface area contributed by atoms with Gasteiger partial charge in [0.2, 0.25) is 15.9 Å². The Morgan fingerprint density at radius 1 is 1.03 bits per heavy atom.